The molecule has 0 aromatic carbocycles. The molecule has 0 saturated carbocycles. The minimum atomic E-state index is -2.09. The summed E-state index contributed by atoms with van der Waals surface area (Å²) < 4.78 is 48.9. The fourth-order valence-electron chi connectivity index (χ4n) is 6.73. The van der Waals surface area contributed by atoms with E-state index >= 15 is 0 Å². The van der Waals surface area contributed by atoms with Gasteiger partial charge in [-0.05, 0) is 0 Å². The van der Waals surface area contributed by atoms with Crippen LogP contribution >= 0.6 is 0 Å². The van der Waals surface area contributed by atoms with Gasteiger partial charge in [0.25, 0.3) is 0 Å². The van der Waals surface area contributed by atoms with Crippen molar-refractivity contribution in [1.82, 2.24) is 0 Å². The van der Waals surface area contributed by atoms with Gasteiger partial charge in [-0.2, -0.15) is 0 Å². The van der Waals surface area contributed by atoms with Crippen molar-refractivity contribution in [2.24, 2.45) is 0 Å². The Hall–Kier alpha value is -1.00. The van der Waals surface area contributed by atoms with Crippen LogP contribution in [-0.2, 0) is 42.6 Å². The van der Waals surface area contributed by atoms with Gasteiger partial charge in [-0.25, -0.2) is 0 Å². The predicted molar refractivity (Wildman–Crippen MR) is 161 cm³/mol. The molecule has 0 bridgehead atoms. The van der Waals surface area contributed by atoms with Crippen molar-refractivity contribution in [3.8, 4) is 0 Å². The summed E-state index contributed by atoms with van der Waals surface area (Å²) in [7, 11) is 0. The standard InChI is InChI=1S/C29H50O25/c30-1-6-11(34)18(41)26(48-6)46-5-10-12(35)13(36)19(42)27(51-10)53-23-8(3-32)50-29(21(44)15(23)38)54-24-9(4-33)49-28(20(43)16(24)39)52-22-7(2-31)47-25(45)17(40)14(22)37/h6-45H,1-5H2/t6-,7+,8+,9+,10+,11-,12+,13-,14+,15-,16+,17+,18+,19+,20+,21+,22+,23+,24+,25+,26+,27+,28+,29+/m0/s1. The molecule has 24 atom stereocenters. The van der Waals surface area contributed by atoms with Crippen molar-refractivity contribution in [2.45, 2.75) is 147 Å². The minimum absolute atomic E-state index is 0.638. The number of aliphatic hydroxyl groups is 16. The van der Waals surface area contributed by atoms with Gasteiger partial charge in [0.05, 0.1) is 33.0 Å². The Morgan fingerprint density at radius 1 is 0.315 bits per heavy atom. The highest BCUT2D eigenvalue weighted by Gasteiger charge is 2.55. The van der Waals surface area contributed by atoms with Gasteiger partial charge in [-0.15, -0.1) is 0 Å². The molecule has 5 rings (SSSR count). The van der Waals surface area contributed by atoms with E-state index in [0.29, 0.717) is 0 Å². The molecule has 5 heterocycles. The molecule has 0 radical (unpaired) electrons. The van der Waals surface area contributed by atoms with E-state index in [9.17, 15) is 81.7 Å². The van der Waals surface area contributed by atoms with Crippen LogP contribution in [0.5, 0.6) is 0 Å². The Labute approximate surface area is 305 Å². The van der Waals surface area contributed by atoms with Crippen molar-refractivity contribution in [1.29, 1.82) is 0 Å². The van der Waals surface area contributed by atoms with Crippen molar-refractivity contribution in [3.05, 3.63) is 0 Å². The molecule has 5 aliphatic rings. The number of ether oxygens (including phenoxy) is 9. The van der Waals surface area contributed by atoms with E-state index in [-0.39, 0.29) is 0 Å². The van der Waals surface area contributed by atoms with Crippen LogP contribution in [0.25, 0.3) is 0 Å². The predicted octanol–water partition coefficient (Wildman–Crippen LogP) is -11.3. The van der Waals surface area contributed by atoms with Crippen LogP contribution in [-0.4, -0.2) is 262 Å². The molecule has 54 heavy (non-hydrogen) atoms. The van der Waals surface area contributed by atoms with Crippen molar-refractivity contribution < 1.29 is 124 Å². The van der Waals surface area contributed by atoms with E-state index in [2.05, 4.69) is 0 Å². The summed E-state index contributed by atoms with van der Waals surface area (Å²) in [6.07, 6.45) is -42.4. The zero-order chi connectivity index (χ0) is 39.8. The molecule has 25 heteroatoms. The molecule has 0 spiro atoms. The first-order valence-corrected chi connectivity index (χ1v) is 17.0. The molecule has 0 amide bonds. The second-order valence-electron chi connectivity index (χ2n) is 13.5. The van der Waals surface area contributed by atoms with Gasteiger partial charge < -0.3 is 124 Å². The molecule has 316 valence electrons. The lowest BCUT2D eigenvalue weighted by molar-refractivity contribution is -0.388. The third kappa shape index (κ3) is 8.85. The number of hydrogen-bond acceptors (Lipinski definition) is 25. The van der Waals surface area contributed by atoms with E-state index in [1.54, 1.807) is 0 Å². The Kier molecular flexibility index (Phi) is 15.3. The van der Waals surface area contributed by atoms with Crippen LogP contribution in [0.3, 0.4) is 0 Å². The van der Waals surface area contributed by atoms with Gasteiger partial charge in [0.1, 0.15) is 116 Å². The zero-order valence-corrected chi connectivity index (χ0v) is 28.2. The highest BCUT2D eigenvalue weighted by molar-refractivity contribution is 4.98. The smallest absolute Gasteiger partial charge is 0.187 e. The molecule has 5 saturated heterocycles. The zero-order valence-electron chi connectivity index (χ0n) is 28.2. The second-order valence-corrected chi connectivity index (χ2v) is 13.5. The first-order valence-electron chi connectivity index (χ1n) is 17.0. The summed E-state index contributed by atoms with van der Waals surface area (Å²) in [4.78, 5) is 0. The van der Waals surface area contributed by atoms with Gasteiger partial charge in [0.2, 0.25) is 0 Å². The van der Waals surface area contributed by atoms with Gasteiger partial charge >= 0.3 is 0 Å². The molecule has 0 unspecified atom stereocenters. The molecule has 25 nitrogen and oxygen atoms in total. The summed E-state index contributed by atoms with van der Waals surface area (Å²) in [5.74, 6) is 0. The fourth-order valence-corrected chi connectivity index (χ4v) is 6.73. The van der Waals surface area contributed by atoms with Crippen LogP contribution < -0.4 is 0 Å². The number of rotatable bonds is 13. The summed E-state index contributed by atoms with van der Waals surface area (Å²) in [6.45, 7) is -4.01. The maximum absolute atomic E-state index is 11.1. The molecular weight excluding hydrogens is 748 g/mol. The number of hydrogen-bond donors (Lipinski definition) is 16. The molecule has 5 aliphatic heterocycles. The Balaban J connectivity index is 1.21. The monoisotopic (exact) mass is 798 g/mol. The van der Waals surface area contributed by atoms with Gasteiger partial charge in [0, 0.05) is 0 Å². The van der Waals surface area contributed by atoms with Gasteiger partial charge in [-0.3, -0.25) is 0 Å². The lowest BCUT2D eigenvalue weighted by Gasteiger charge is -2.49. The van der Waals surface area contributed by atoms with E-state index in [1.807, 2.05) is 0 Å². The minimum Gasteiger partial charge on any atom is -0.394 e. The van der Waals surface area contributed by atoms with E-state index in [4.69, 9.17) is 42.6 Å². The van der Waals surface area contributed by atoms with Crippen molar-refractivity contribution in [2.75, 3.05) is 33.0 Å². The van der Waals surface area contributed by atoms with Crippen molar-refractivity contribution in [3.63, 3.8) is 0 Å². The van der Waals surface area contributed by atoms with Crippen LogP contribution in [0.15, 0.2) is 0 Å². The Morgan fingerprint density at radius 2 is 0.648 bits per heavy atom. The van der Waals surface area contributed by atoms with Gasteiger partial charge in [0.15, 0.2) is 31.5 Å². The van der Waals surface area contributed by atoms with Crippen LogP contribution in [0.1, 0.15) is 0 Å². The average molecular weight is 799 g/mol. The summed E-state index contributed by atoms with van der Waals surface area (Å²) in [5, 5.41) is 165. The second kappa shape index (κ2) is 18.7. The first-order chi connectivity index (χ1) is 25.6. The fraction of sp³-hybridized carbons (Fsp3) is 1.00. The summed E-state index contributed by atoms with van der Waals surface area (Å²) in [5.41, 5.74) is 0. The van der Waals surface area contributed by atoms with E-state index < -0.39 is 180 Å². The third-order valence-electron chi connectivity index (χ3n) is 9.95. The lowest BCUT2D eigenvalue weighted by Crippen LogP contribution is -2.67. The largest absolute Gasteiger partial charge is 0.394 e. The van der Waals surface area contributed by atoms with E-state index in [0.717, 1.165) is 0 Å². The maximum Gasteiger partial charge on any atom is 0.187 e. The number of aliphatic hydroxyl groups excluding tert-OH is 16. The third-order valence-corrected chi connectivity index (χ3v) is 9.95. The highest BCUT2D eigenvalue weighted by atomic mass is 16.8. The quantitative estimate of drug-likeness (QED) is 0.0822. The first kappa shape index (κ1) is 44.1. The lowest BCUT2D eigenvalue weighted by atomic mass is 9.95. The Bertz CT molecular complexity index is 1150. The molecule has 16 N–H and O–H groups in total. The SMILES string of the molecule is OC[C@@H]1O[C@@H](OC[C@H]2O[C@H](O[C@H]3[C@@H](O)[C@@H](O)[C@@H](O[C@H]4[C@H](O)[C@@H](O)[C@@H](O[C@H]5[C@H](O)[C@@H](O)[C@H](O)O[C@@H]5CO)O[C@@H]4CO)O[C@@H]3CO)[C@H](O)[C@@H](O)[C@@H]2O)[C@H](O)[C@H]1O. The molecule has 0 aromatic rings. The van der Waals surface area contributed by atoms with Crippen LogP contribution in [0, 0.1) is 0 Å². The van der Waals surface area contributed by atoms with E-state index in [1.165, 1.54) is 0 Å². The van der Waals surface area contributed by atoms with Crippen LogP contribution in [0.4, 0.5) is 0 Å². The molecular formula is C29H50O25. The molecule has 5 fully saturated rings. The highest BCUT2D eigenvalue weighted by Crippen LogP contribution is 2.34. The molecule has 0 aromatic heterocycles. The van der Waals surface area contributed by atoms with Crippen molar-refractivity contribution >= 4 is 0 Å². The average Bonchev–Trinajstić information content (AvgIpc) is 3.44. The maximum atomic E-state index is 11.1. The van der Waals surface area contributed by atoms with Gasteiger partial charge in [-0.1, -0.05) is 0 Å². The molecule has 0 aliphatic carbocycles. The van der Waals surface area contributed by atoms with Crippen LogP contribution in [0.2, 0.25) is 0 Å². The summed E-state index contributed by atoms with van der Waals surface area (Å²) in [6, 6.07) is 0. The summed E-state index contributed by atoms with van der Waals surface area (Å²) >= 11 is 0. The topological polar surface area (TPSA) is 407 Å². The Morgan fingerprint density at radius 3 is 1.07 bits per heavy atom. The normalized spacial score (nSPS) is 53.1.